The molecule has 1 fully saturated rings. The molecule has 3 aromatic carbocycles. The van der Waals surface area contributed by atoms with Crippen LogP contribution in [0.1, 0.15) is 52.6 Å². The zero-order valence-corrected chi connectivity index (χ0v) is 19.0. The second-order valence-corrected chi connectivity index (χ2v) is 9.52. The van der Waals surface area contributed by atoms with Crippen LogP contribution in [0.2, 0.25) is 0 Å². The maximum Gasteiger partial charge on any atom is 0.226 e. The minimum absolute atomic E-state index is 0.137. The number of rotatable bonds is 1. The van der Waals surface area contributed by atoms with E-state index < -0.39 is 0 Å². The second-order valence-electron chi connectivity index (χ2n) is 9.52. The topological polar surface area (TPSA) is 20.3 Å². The van der Waals surface area contributed by atoms with E-state index in [4.69, 9.17) is 0 Å². The highest BCUT2D eigenvalue weighted by Gasteiger charge is 2.30. The molecule has 1 heterocycles. The molecule has 0 saturated carbocycles. The van der Waals surface area contributed by atoms with Crippen molar-refractivity contribution in [3.8, 4) is 0 Å². The highest BCUT2D eigenvalue weighted by molar-refractivity contribution is 5.95. The number of hydrogen-bond acceptors (Lipinski definition) is 1. The summed E-state index contributed by atoms with van der Waals surface area (Å²) in [4.78, 5) is 15.5. The van der Waals surface area contributed by atoms with Crippen molar-refractivity contribution in [2.75, 3.05) is 13.1 Å². The van der Waals surface area contributed by atoms with Crippen molar-refractivity contribution in [1.29, 1.82) is 0 Å². The molecule has 3 aliphatic rings. The van der Waals surface area contributed by atoms with Gasteiger partial charge in [0.1, 0.15) is 0 Å². The summed E-state index contributed by atoms with van der Waals surface area (Å²) < 4.78 is 0. The minimum Gasteiger partial charge on any atom is -0.342 e. The van der Waals surface area contributed by atoms with Crippen molar-refractivity contribution < 1.29 is 4.79 Å². The first-order chi connectivity index (χ1) is 16.3. The van der Waals surface area contributed by atoms with Crippen LogP contribution in [0.3, 0.4) is 0 Å². The van der Waals surface area contributed by atoms with Gasteiger partial charge >= 0.3 is 0 Å². The van der Waals surface area contributed by atoms with Gasteiger partial charge in [0.25, 0.3) is 0 Å². The lowest BCUT2D eigenvalue weighted by Gasteiger charge is -2.34. The molecule has 2 nitrogen and oxygen atoms in total. The molecule has 1 atom stereocenters. The first-order valence-corrected chi connectivity index (χ1v) is 12.2. The van der Waals surface area contributed by atoms with E-state index >= 15 is 0 Å². The predicted octanol–water partition coefficient (Wildman–Crippen LogP) is 6.40. The average Bonchev–Trinajstić information content (AvgIpc) is 3.05. The Labute approximate surface area is 196 Å². The summed E-state index contributed by atoms with van der Waals surface area (Å²) in [5.74, 6) is 0.495. The Balaban J connectivity index is 1.26. The van der Waals surface area contributed by atoms with Crippen molar-refractivity contribution in [3.05, 3.63) is 112 Å². The molecule has 6 rings (SSSR count). The normalized spacial score (nSPS) is 19.4. The summed E-state index contributed by atoms with van der Waals surface area (Å²) in [5.41, 5.74) is 10.8. The predicted molar refractivity (Wildman–Crippen MR) is 136 cm³/mol. The van der Waals surface area contributed by atoms with E-state index in [1.807, 2.05) is 0 Å². The monoisotopic (exact) mass is 431 g/mol. The number of aryl methyl sites for hydroxylation is 1. The minimum atomic E-state index is 0.137. The van der Waals surface area contributed by atoms with Crippen LogP contribution in [0.5, 0.6) is 0 Å². The molecule has 0 aromatic heterocycles. The molecule has 2 aliphatic carbocycles. The van der Waals surface area contributed by atoms with Crippen LogP contribution in [0.25, 0.3) is 17.7 Å². The maximum atomic E-state index is 13.4. The first-order valence-electron chi connectivity index (χ1n) is 12.2. The summed E-state index contributed by atoms with van der Waals surface area (Å²) >= 11 is 0. The summed E-state index contributed by atoms with van der Waals surface area (Å²) in [6.07, 6.45) is 9.28. The quantitative estimate of drug-likeness (QED) is 0.341. The van der Waals surface area contributed by atoms with Gasteiger partial charge in [-0.05, 0) is 71.1 Å². The van der Waals surface area contributed by atoms with E-state index in [-0.39, 0.29) is 5.92 Å². The molecular weight excluding hydrogens is 402 g/mol. The lowest BCUT2D eigenvalue weighted by Crippen LogP contribution is -2.42. The molecule has 3 aromatic rings. The summed E-state index contributed by atoms with van der Waals surface area (Å²) in [6, 6.07) is 26.0. The average molecular weight is 432 g/mol. The largest absolute Gasteiger partial charge is 0.342 e. The Hall–Kier alpha value is -3.39. The standard InChI is InChI=1S/C31H29NO/c33-31(27-16-13-22-7-1-2-10-26(22)21-27)32-19-17-25(18-20-32)30-28-11-5-3-8-23(28)14-15-24-9-4-6-12-29(24)30/h1-12,14-15,27H,13,16-21H2. The third-order valence-electron chi connectivity index (χ3n) is 7.63. The van der Waals surface area contributed by atoms with Crippen molar-refractivity contribution in [2.45, 2.75) is 32.1 Å². The van der Waals surface area contributed by atoms with Crippen LogP contribution in [0.15, 0.2) is 78.4 Å². The second kappa shape index (κ2) is 8.51. The number of hydrogen-bond donors (Lipinski definition) is 0. The highest BCUT2D eigenvalue weighted by atomic mass is 16.2. The van der Waals surface area contributed by atoms with Gasteiger partial charge in [-0.15, -0.1) is 0 Å². The molecule has 2 heteroatoms. The zero-order chi connectivity index (χ0) is 22.2. The molecule has 1 amide bonds. The number of benzene rings is 3. The number of carbonyl (C=O) groups is 1. The number of fused-ring (bicyclic) bond motifs is 3. The third kappa shape index (κ3) is 3.74. The van der Waals surface area contributed by atoms with Gasteiger partial charge in [-0.2, -0.15) is 0 Å². The van der Waals surface area contributed by atoms with Gasteiger partial charge in [0.05, 0.1) is 0 Å². The first kappa shape index (κ1) is 20.2. The summed E-state index contributed by atoms with van der Waals surface area (Å²) in [5, 5.41) is 0. The van der Waals surface area contributed by atoms with Gasteiger partial charge in [0.2, 0.25) is 5.91 Å². The molecule has 0 spiro atoms. The Kier molecular flexibility index (Phi) is 5.22. The molecule has 164 valence electrons. The molecule has 1 saturated heterocycles. The number of carbonyl (C=O) groups excluding carboxylic acids is 1. The number of amides is 1. The molecular formula is C31H29NO. The summed E-state index contributed by atoms with van der Waals surface area (Å²) in [6.45, 7) is 1.65. The van der Waals surface area contributed by atoms with E-state index in [0.717, 1.165) is 45.2 Å². The molecule has 0 bridgehead atoms. The Morgan fingerprint density at radius 1 is 0.697 bits per heavy atom. The van der Waals surface area contributed by atoms with Gasteiger partial charge in [0, 0.05) is 19.0 Å². The Morgan fingerprint density at radius 2 is 1.27 bits per heavy atom. The Morgan fingerprint density at radius 3 is 1.94 bits per heavy atom. The summed E-state index contributed by atoms with van der Waals surface area (Å²) in [7, 11) is 0. The van der Waals surface area contributed by atoms with Gasteiger partial charge in [-0.3, -0.25) is 4.79 Å². The van der Waals surface area contributed by atoms with Gasteiger partial charge in [0.15, 0.2) is 0 Å². The number of nitrogens with zero attached hydrogens (tertiary/aromatic N) is 1. The fraction of sp³-hybridized carbons (Fsp3) is 0.258. The van der Waals surface area contributed by atoms with Crippen LogP contribution in [0.4, 0.5) is 0 Å². The van der Waals surface area contributed by atoms with Crippen LogP contribution >= 0.6 is 0 Å². The van der Waals surface area contributed by atoms with Crippen LogP contribution < -0.4 is 0 Å². The molecule has 0 radical (unpaired) electrons. The van der Waals surface area contributed by atoms with E-state index in [1.165, 1.54) is 44.5 Å². The molecule has 0 N–H and O–H groups in total. The lowest BCUT2D eigenvalue weighted by atomic mass is 9.82. The van der Waals surface area contributed by atoms with Crippen molar-refractivity contribution >= 4 is 23.6 Å². The maximum absolute atomic E-state index is 13.4. The van der Waals surface area contributed by atoms with Crippen LogP contribution in [-0.2, 0) is 17.6 Å². The van der Waals surface area contributed by atoms with E-state index in [1.54, 1.807) is 0 Å². The number of likely N-dealkylation sites (tertiary alicyclic amines) is 1. The van der Waals surface area contributed by atoms with Crippen LogP contribution in [0, 0.1) is 5.92 Å². The van der Waals surface area contributed by atoms with Crippen molar-refractivity contribution in [1.82, 2.24) is 4.90 Å². The highest BCUT2D eigenvalue weighted by Crippen LogP contribution is 2.39. The zero-order valence-electron chi connectivity index (χ0n) is 19.0. The van der Waals surface area contributed by atoms with E-state index in [9.17, 15) is 4.79 Å². The van der Waals surface area contributed by atoms with Gasteiger partial charge in [-0.1, -0.05) is 90.5 Å². The third-order valence-corrected chi connectivity index (χ3v) is 7.63. The lowest BCUT2D eigenvalue weighted by molar-refractivity contribution is -0.136. The smallest absolute Gasteiger partial charge is 0.226 e. The number of piperidine rings is 1. The molecule has 33 heavy (non-hydrogen) atoms. The van der Waals surface area contributed by atoms with Crippen molar-refractivity contribution in [3.63, 3.8) is 0 Å². The molecule has 1 unspecified atom stereocenters. The van der Waals surface area contributed by atoms with Crippen LogP contribution in [-0.4, -0.2) is 23.9 Å². The van der Waals surface area contributed by atoms with E-state index in [0.29, 0.717) is 5.91 Å². The fourth-order valence-electron chi connectivity index (χ4n) is 5.86. The Bertz CT molecular complexity index is 1220. The van der Waals surface area contributed by atoms with Gasteiger partial charge < -0.3 is 4.90 Å². The van der Waals surface area contributed by atoms with Gasteiger partial charge in [-0.25, -0.2) is 0 Å². The fourth-order valence-corrected chi connectivity index (χ4v) is 5.86. The van der Waals surface area contributed by atoms with Crippen molar-refractivity contribution in [2.24, 2.45) is 5.92 Å². The van der Waals surface area contributed by atoms with E-state index in [2.05, 4.69) is 89.8 Å². The molecule has 1 aliphatic heterocycles. The SMILES string of the molecule is O=C(C1CCc2ccccc2C1)N1CCC(=C2c3ccccc3C=Cc3ccccc32)CC1.